The summed E-state index contributed by atoms with van der Waals surface area (Å²) in [5.74, 6) is 0.112. The molecule has 1 saturated carbocycles. The molecule has 0 radical (unpaired) electrons. The fourth-order valence-electron chi connectivity index (χ4n) is 2.34. The molecule has 120 valence electrons. The number of carbonyl (C=O) groups is 1. The minimum Gasteiger partial charge on any atom is -0.494 e. The Labute approximate surface area is 128 Å². The average Bonchev–Trinajstić information content (AvgIpc) is 3.00. The highest BCUT2D eigenvalue weighted by atomic mass is 16.6. The molecule has 0 aromatic heterocycles. The number of ether oxygens (including phenoxy) is 2. The van der Waals surface area contributed by atoms with Gasteiger partial charge in [-0.05, 0) is 37.8 Å². The zero-order valence-corrected chi connectivity index (χ0v) is 12.3. The Morgan fingerprint density at radius 2 is 1.95 bits per heavy atom. The van der Waals surface area contributed by atoms with Crippen LogP contribution in [0, 0.1) is 10.1 Å². The minimum atomic E-state index is -0.710. The summed E-state index contributed by atoms with van der Waals surface area (Å²) in [6.07, 6.45) is 4.36. The highest BCUT2D eigenvalue weighted by Gasteiger charge is 2.23. The Hall–Kier alpha value is -2.15. The van der Waals surface area contributed by atoms with Crippen LogP contribution in [0.15, 0.2) is 24.3 Å². The Balaban J connectivity index is 1.70. The second-order valence-corrected chi connectivity index (χ2v) is 5.34. The second kappa shape index (κ2) is 7.74. The van der Waals surface area contributed by atoms with Gasteiger partial charge in [-0.25, -0.2) is 0 Å². The van der Waals surface area contributed by atoms with Crippen LogP contribution in [0.1, 0.15) is 32.1 Å². The number of carbonyl (C=O) groups excluding carboxylic acids is 1. The molecule has 0 unspecified atom stereocenters. The maximum atomic E-state index is 11.8. The van der Waals surface area contributed by atoms with E-state index < -0.39 is 11.0 Å². The van der Waals surface area contributed by atoms with Gasteiger partial charge in [-0.2, -0.15) is 0 Å². The van der Waals surface area contributed by atoms with Gasteiger partial charge in [0.2, 0.25) is 0 Å². The van der Waals surface area contributed by atoms with Crippen molar-refractivity contribution in [3.05, 3.63) is 34.4 Å². The molecule has 1 aromatic carbocycles. The van der Waals surface area contributed by atoms with Crippen molar-refractivity contribution in [2.75, 3.05) is 6.61 Å². The lowest BCUT2D eigenvalue weighted by atomic mass is 10.2. The molecule has 1 aliphatic rings. The Morgan fingerprint density at radius 1 is 1.32 bits per heavy atom. The summed E-state index contributed by atoms with van der Waals surface area (Å²) in [7, 11) is 0. The van der Waals surface area contributed by atoms with E-state index in [-0.39, 0.29) is 24.4 Å². The van der Waals surface area contributed by atoms with Crippen LogP contribution in [0.25, 0.3) is 0 Å². The lowest BCUT2D eigenvalue weighted by Crippen LogP contribution is -2.35. The third-order valence-corrected chi connectivity index (χ3v) is 3.63. The Morgan fingerprint density at radius 3 is 2.55 bits per heavy atom. The van der Waals surface area contributed by atoms with Gasteiger partial charge in [0, 0.05) is 18.6 Å². The van der Waals surface area contributed by atoms with Gasteiger partial charge in [-0.15, -0.1) is 0 Å². The molecule has 1 atom stereocenters. The molecule has 0 bridgehead atoms. The van der Waals surface area contributed by atoms with Crippen LogP contribution in [0.2, 0.25) is 0 Å². The number of nitrogens with zero attached hydrogens (tertiary/aromatic N) is 1. The molecule has 1 aliphatic carbocycles. The number of nitro benzene ring substituents is 1. The van der Waals surface area contributed by atoms with E-state index in [2.05, 4.69) is 0 Å². The molecular formula is C15H20N2O5. The Bertz CT molecular complexity index is 511. The quantitative estimate of drug-likeness (QED) is 0.470. The molecule has 1 fully saturated rings. The predicted molar refractivity (Wildman–Crippen MR) is 79.5 cm³/mol. The molecule has 7 heteroatoms. The SMILES string of the molecule is N[C@@H](CCOc1ccc([N+](=O)[O-])cc1)C(=O)OC1CCCC1. The number of hydrogen-bond acceptors (Lipinski definition) is 6. The van der Waals surface area contributed by atoms with E-state index in [0.717, 1.165) is 25.7 Å². The van der Waals surface area contributed by atoms with Crippen molar-refractivity contribution >= 4 is 11.7 Å². The maximum absolute atomic E-state index is 11.8. The average molecular weight is 308 g/mol. The number of hydrogen-bond donors (Lipinski definition) is 1. The maximum Gasteiger partial charge on any atom is 0.323 e. The first-order valence-corrected chi connectivity index (χ1v) is 7.39. The molecule has 2 N–H and O–H groups in total. The topological polar surface area (TPSA) is 105 Å². The molecule has 0 heterocycles. The molecule has 0 spiro atoms. The van der Waals surface area contributed by atoms with E-state index in [9.17, 15) is 14.9 Å². The van der Waals surface area contributed by atoms with Crippen molar-refractivity contribution in [2.24, 2.45) is 5.73 Å². The van der Waals surface area contributed by atoms with Crippen LogP contribution in [-0.2, 0) is 9.53 Å². The van der Waals surface area contributed by atoms with Crippen molar-refractivity contribution in [2.45, 2.75) is 44.2 Å². The van der Waals surface area contributed by atoms with E-state index in [1.54, 1.807) is 0 Å². The number of non-ortho nitro benzene ring substituents is 1. The van der Waals surface area contributed by atoms with Gasteiger partial charge >= 0.3 is 5.97 Å². The largest absolute Gasteiger partial charge is 0.494 e. The summed E-state index contributed by atoms with van der Waals surface area (Å²) in [6, 6.07) is 5.05. The second-order valence-electron chi connectivity index (χ2n) is 5.34. The van der Waals surface area contributed by atoms with Crippen LogP contribution in [0.5, 0.6) is 5.75 Å². The monoisotopic (exact) mass is 308 g/mol. The van der Waals surface area contributed by atoms with E-state index in [1.807, 2.05) is 0 Å². The number of rotatable bonds is 7. The third kappa shape index (κ3) is 4.70. The number of nitrogens with two attached hydrogens (primary N) is 1. The summed E-state index contributed by atoms with van der Waals surface area (Å²) in [5, 5.41) is 10.5. The smallest absolute Gasteiger partial charge is 0.323 e. The van der Waals surface area contributed by atoms with Crippen LogP contribution in [0.4, 0.5) is 5.69 Å². The molecule has 0 saturated heterocycles. The van der Waals surface area contributed by atoms with Gasteiger partial charge < -0.3 is 15.2 Å². The molecule has 7 nitrogen and oxygen atoms in total. The third-order valence-electron chi connectivity index (χ3n) is 3.63. The summed E-state index contributed by atoms with van der Waals surface area (Å²) in [5.41, 5.74) is 5.78. The van der Waals surface area contributed by atoms with Gasteiger partial charge in [0.1, 0.15) is 17.9 Å². The van der Waals surface area contributed by atoms with Gasteiger partial charge in [0.05, 0.1) is 11.5 Å². The fourth-order valence-corrected chi connectivity index (χ4v) is 2.34. The fraction of sp³-hybridized carbons (Fsp3) is 0.533. The molecular weight excluding hydrogens is 288 g/mol. The summed E-state index contributed by atoms with van der Waals surface area (Å²) in [4.78, 5) is 21.8. The normalized spacial score (nSPS) is 16.2. The molecule has 2 rings (SSSR count). The van der Waals surface area contributed by atoms with E-state index >= 15 is 0 Å². The van der Waals surface area contributed by atoms with Crippen molar-refractivity contribution in [1.29, 1.82) is 0 Å². The van der Waals surface area contributed by atoms with E-state index in [0.29, 0.717) is 12.2 Å². The highest BCUT2D eigenvalue weighted by molar-refractivity contribution is 5.75. The zero-order chi connectivity index (χ0) is 15.9. The van der Waals surface area contributed by atoms with Crippen LogP contribution in [0.3, 0.4) is 0 Å². The van der Waals surface area contributed by atoms with Crippen LogP contribution >= 0.6 is 0 Å². The zero-order valence-electron chi connectivity index (χ0n) is 12.3. The van der Waals surface area contributed by atoms with Gasteiger partial charge in [-0.1, -0.05) is 0 Å². The van der Waals surface area contributed by atoms with Crippen molar-refractivity contribution in [3.63, 3.8) is 0 Å². The number of benzene rings is 1. The highest BCUT2D eigenvalue weighted by Crippen LogP contribution is 2.21. The van der Waals surface area contributed by atoms with E-state index in [1.165, 1.54) is 24.3 Å². The molecule has 0 amide bonds. The minimum absolute atomic E-state index is 0.00388. The predicted octanol–water partition coefficient (Wildman–Crippen LogP) is 2.18. The van der Waals surface area contributed by atoms with E-state index in [4.69, 9.17) is 15.2 Å². The van der Waals surface area contributed by atoms with Crippen molar-refractivity contribution < 1.29 is 19.2 Å². The Kier molecular flexibility index (Phi) is 5.71. The first-order chi connectivity index (χ1) is 10.6. The standard InChI is InChI=1S/C15H20N2O5/c16-14(15(18)22-13-3-1-2-4-13)9-10-21-12-7-5-11(6-8-12)17(19)20/h5-8,13-14H,1-4,9-10,16H2/t14-/m0/s1. The van der Waals surface area contributed by atoms with Crippen molar-refractivity contribution in [1.82, 2.24) is 0 Å². The first-order valence-electron chi connectivity index (χ1n) is 7.39. The molecule has 0 aliphatic heterocycles. The first kappa shape index (κ1) is 16.2. The summed E-state index contributed by atoms with van der Waals surface area (Å²) in [6.45, 7) is 0.249. The van der Waals surface area contributed by atoms with Crippen LogP contribution in [-0.4, -0.2) is 29.6 Å². The summed E-state index contributed by atoms with van der Waals surface area (Å²) < 4.78 is 10.7. The van der Waals surface area contributed by atoms with Crippen molar-refractivity contribution in [3.8, 4) is 5.75 Å². The van der Waals surface area contributed by atoms with Gasteiger partial charge in [0.25, 0.3) is 5.69 Å². The lowest BCUT2D eigenvalue weighted by molar-refractivity contribution is -0.384. The number of nitro groups is 1. The molecule has 22 heavy (non-hydrogen) atoms. The lowest BCUT2D eigenvalue weighted by Gasteiger charge is -2.16. The van der Waals surface area contributed by atoms with Gasteiger partial charge in [0.15, 0.2) is 0 Å². The van der Waals surface area contributed by atoms with Gasteiger partial charge in [-0.3, -0.25) is 14.9 Å². The summed E-state index contributed by atoms with van der Waals surface area (Å²) >= 11 is 0. The number of esters is 1. The molecule has 1 aromatic rings. The van der Waals surface area contributed by atoms with Crippen LogP contribution < -0.4 is 10.5 Å².